The highest BCUT2D eigenvalue weighted by atomic mass is 79.9. The van der Waals surface area contributed by atoms with E-state index in [9.17, 15) is 9.18 Å². The maximum atomic E-state index is 13.4. The lowest BCUT2D eigenvalue weighted by molar-refractivity contribution is -0.110. The Kier molecular flexibility index (Phi) is 3.62. The number of carbonyl (C=O) groups excluding carboxylic acids is 1. The van der Waals surface area contributed by atoms with E-state index in [1.54, 1.807) is 30.3 Å². The average Bonchev–Trinajstić information content (AvgIpc) is 2.77. The number of nitrogens with one attached hydrogen (secondary N) is 1. The van der Waals surface area contributed by atoms with Crippen molar-refractivity contribution in [1.82, 2.24) is 0 Å². The summed E-state index contributed by atoms with van der Waals surface area (Å²) in [5.74, 6) is -0.714. The standard InChI is InChI=1S/C15H9BrFN3O/c16-10-5-6-13-11(7-10)14(15(21)19-13)20-18-8-9-3-1-2-4-12(9)17/h1-8H,(H,19,20,21)/b18-8+. The largest absolute Gasteiger partial charge is 0.320 e. The Balaban J connectivity index is 1.93. The highest BCUT2D eigenvalue weighted by Crippen LogP contribution is 2.26. The Morgan fingerprint density at radius 2 is 2.00 bits per heavy atom. The number of halogens is 2. The van der Waals surface area contributed by atoms with Crippen molar-refractivity contribution in [3.8, 4) is 0 Å². The first-order chi connectivity index (χ1) is 10.1. The number of anilines is 1. The minimum absolute atomic E-state index is 0.207. The number of nitrogens with zero attached hydrogens (tertiary/aromatic N) is 2. The summed E-state index contributed by atoms with van der Waals surface area (Å²) < 4.78 is 14.3. The lowest BCUT2D eigenvalue weighted by atomic mass is 10.1. The van der Waals surface area contributed by atoms with Crippen molar-refractivity contribution in [2.45, 2.75) is 0 Å². The molecule has 3 rings (SSSR count). The molecule has 0 saturated heterocycles. The van der Waals surface area contributed by atoms with E-state index in [0.717, 1.165) is 4.47 Å². The smallest absolute Gasteiger partial charge is 0.276 e. The van der Waals surface area contributed by atoms with Gasteiger partial charge in [-0.2, -0.15) is 5.10 Å². The molecular formula is C15H9BrFN3O. The number of rotatable bonds is 2. The second kappa shape index (κ2) is 5.57. The van der Waals surface area contributed by atoms with Crippen molar-refractivity contribution in [3.63, 3.8) is 0 Å². The predicted molar refractivity (Wildman–Crippen MR) is 83.3 cm³/mol. The lowest BCUT2D eigenvalue weighted by Crippen LogP contribution is -2.13. The normalized spacial score (nSPS) is 15.5. The Bertz CT molecular complexity index is 786. The fourth-order valence-electron chi connectivity index (χ4n) is 1.95. The van der Waals surface area contributed by atoms with Gasteiger partial charge in [0.15, 0.2) is 5.71 Å². The van der Waals surface area contributed by atoms with Crippen LogP contribution in [0.1, 0.15) is 11.1 Å². The van der Waals surface area contributed by atoms with Gasteiger partial charge in [-0.25, -0.2) is 4.39 Å². The molecule has 0 spiro atoms. The summed E-state index contributed by atoms with van der Waals surface area (Å²) >= 11 is 3.34. The summed E-state index contributed by atoms with van der Waals surface area (Å²) in [7, 11) is 0. The molecule has 0 aromatic heterocycles. The number of hydrogen-bond donors (Lipinski definition) is 1. The summed E-state index contributed by atoms with van der Waals surface area (Å²) in [6.45, 7) is 0. The third kappa shape index (κ3) is 2.75. The number of hydrogen-bond acceptors (Lipinski definition) is 3. The molecule has 2 aromatic rings. The molecule has 0 aliphatic carbocycles. The highest BCUT2D eigenvalue weighted by molar-refractivity contribution is 9.10. The topological polar surface area (TPSA) is 53.8 Å². The van der Waals surface area contributed by atoms with Gasteiger partial charge < -0.3 is 5.32 Å². The van der Waals surface area contributed by atoms with Gasteiger partial charge in [0.2, 0.25) is 0 Å². The predicted octanol–water partition coefficient (Wildman–Crippen LogP) is 3.36. The van der Waals surface area contributed by atoms with Crippen LogP contribution in [0.2, 0.25) is 0 Å². The van der Waals surface area contributed by atoms with Gasteiger partial charge in [-0.05, 0) is 24.3 Å². The minimum Gasteiger partial charge on any atom is -0.320 e. The fourth-order valence-corrected chi connectivity index (χ4v) is 2.31. The van der Waals surface area contributed by atoms with E-state index in [1.807, 2.05) is 6.07 Å². The first-order valence-corrected chi connectivity index (χ1v) is 6.91. The van der Waals surface area contributed by atoms with Crippen molar-refractivity contribution in [2.75, 3.05) is 5.32 Å². The quantitative estimate of drug-likeness (QED) is 0.658. The van der Waals surface area contributed by atoms with Gasteiger partial charge >= 0.3 is 0 Å². The van der Waals surface area contributed by atoms with Crippen LogP contribution in [0, 0.1) is 5.82 Å². The SMILES string of the molecule is O=C1Nc2ccc(Br)cc2/C1=N/N=C/c1ccccc1F. The molecule has 104 valence electrons. The zero-order valence-electron chi connectivity index (χ0n) is 10.7. The van der Waals surface area contributed by atoms with Crippen LogP contribution >= 0.6 is 15.9 Å². The van der Waals surface area contributed by atoms with Gasteiger partial charge in [-0.15, -0.1) is 5.10 Å². The van der Waals surface area contributed by atoms with E-state index in [-0.39, 0.29) is 17.4 Å². The van der Waals surface area contributed by atoms with E-state index in [0.29, 0.717) is 16.8 Å². The molecule has 6 heteroatoms. The molecule has 2 aromatic carbocycles. The van der Waals surface area contributed by atoms with Crippen LogP contribution in [0.15, 0.2) is 57.1 Å². The van der Waals surface area contributed by atoms with Crippen molar-refractivity contribution in [3.05, 3.63) is 63.9 Å². The third-order valence-electron chi connectivity index (χ3n) is 2.96. The molecule has 1 amide bonds. The van der Waals surface area contributed by atoms with E-state index < -0.39 is 0 Å². The molecule has 1 aliphatic heterocycles. The number of fused-ring (bicyclic) bond motifs is 1. The summed E-state index contributed by atoms with van der Waals surface area (Å²) in [5, 5.41) is 10.4. The zero-order valence-corrected chi connectivity index (χ0v) is 12.3. The van der Waals surface area contributed by atoms with Crippen molar-refractivity contribution >= 4 is 39.5 Å². The van der Waals surface area contributed by atoms with Crippen molar-refractivity contribution in [2.24, 2.45) is 10.2 Å². The summed E-state index contributed by atoms with van der Waals surface area (Å²) in [4.78, 5) is 11.8. The molecule has 0 radical (unpaired) electrons. The highest BCUT2D eigenvalue weighted by Gasteiger charge is 2.26. The first kappa shape index (κ1) is 13.6. The van der Waals surface area contributed by atoms with Crippen LogP contribution in [0.3, 0.4) is 0 Å². The van der Waals surface area contributed by atoms with Crippen LogP contribution < -0.4 is 5.32 Å². The van der Waals surface area contributed by atoms with E-state index in [1.165, 1.54) is 12.3 Å². The van der Waals surface area contributed by atoms with Crippen LogP contribution in [-0.2, 0) is 4.79 Å². The summed E-state index contributed by atoms with van der Waals surface area (Å²) in [6.07, 6.45) is 1.28. The second-order valence-corrected chi connectivity index (χ2v) is 5.27. The molecule has 0 atom stereocenters. The van der Waals surface area contributed by atoms with E-state index in [4.69, 9.17) is 0 Å². The molecular weight excluding hydrogens is 337 g/mol. The van der Waals surface area contributed by atoms with Gasteiger partial charge in [0.1, 0.15) is 5.82 Å². The van der Waals surface area contributed by atoms with Gasteiger partial charge in [0.05, 0.1) is 11.9 Å². The Morgan fingerprint density at radius 1 is 1.19 bits per heavy atom. The molecule has 21 heavy (non-hydrogen) atoms. The van der Waals surface area contributed by atoms with Gasteiger partial charge in [-0.3, -0.25) is 4.79 Å². The molecule has 0 saturated carbocycles. The maximum absolute atomic E-state index is 13.4. The summed E-state index contributed by atoms with van der Waals surface area (Å²) in [6, 6.07) is 11.6. The summed E-state index contributed by atoms with van der Waals surface area (Å²) in [5.41, 5.74) is 1.87. The van der Waals surface area contributed by atoms with Crippen LogP contribution in [0.25, 0.3) is 0 Å². The van der Waals surface area contributed by atoms with Crippen LogP contribution in [0.5, 0.6) is 0 Å². The Hall–Kier alpha value is -2.34. The minimum atomic E-state index is -0.388. The maximum Gasteiger partial charge on any atom is 0.276 e. The zero-order chi connectivity index (χ0) is 14.8. The molecule has 1 heterocycles. The number of carbonyl (C=O) groups is 1. The number of benzene rings is 2. The van der Waals surface area contributed by atoms with E-state index in [2.05, 4.69) is 31.4 Å². The van der Waals surface area contributed by atoms with Crippen LogP contribution in [-0.4, -0.2) is 17.8 Å². The monoisotopic (exact) mass is 345 g/mol. The van der Waals surface area contributed by atoms with Gasteiger partial charge in [0, 0.05) is 15.6 Å². The Labute approximate surface area is 128 Å². The number of amides is 1. The lowest BCUT2D eigenvalue weighted by Gasteiger charge is -1.97. The molecule has 0 fully saturated rings. The third-order valence-corrected chi connectivity index (χ3v) is 3.45. The average molecular weight is 346 g/mol. The van der Waals surface area contributed by atoms with Crippen molar-refractivity contribution in [1.29, 1.82) is 0 Å². The molecule has 0 unspecified atom stereocenters. The molecule has 0 bridgehead atoms. The van der Waals surface area contributed by atoms with E-state index >= 15 is 0 Å². The van der Waals surface area contributed by atoms with Crippen molar-refractivity contribution < 1.29 is 9.18 Å². The van der Waals surface area contributed by atoms with Gasteiger partial charge in [-0.1, -0.05) is 34.1 Å². The Morgan fingerprint density at radius 3 is 2.81 bits per heavy atom. The second-order valence-electron chi connectivity index (χ2n) is 4.36. The molecule has 1 aliphatic rings. The molecule has 4 nitrogen and oxygen atoms in total. The molecule has 1 N–H and O–H groups in total. The first-order valence-electron chi connectivity index (χ1n) is 6.12. The van der Waals surface area contributed by atoms with Crippen LogP contribution in [0.4, 0.5) is 10.1 Å². The van der Waals surface area contributed by atoms with Gasteiger partial charge in [0.25, 0.3) is 5.91 Å². The fraction of sp³-hybridized carbons (Fsp3) is 0.